The third-order valence-electron chi connectivity index (χ3n) is 3.67. The highest BCUT2D eigenvalue weighted by Gasteiger charge is 2.30. The molecule has 3 nitrogen and oxygen atoms in total. The lowest BCUT2D eigenvalue weighted by Crippen LogP contribution is -2.42. The molecule has 0 amide bonds. The normalized spacial score (nSPS) is 16.9. The highest BCUT2D eigenvalue weighted by molar-refractivity contribution is 5.94. The Kier molecular flexibility index (Phi) is 2.93. The molecule has 0 N–H and O–H groups in total. The van der Waals surface area contributed by atoms with Gasteiger partial charge in [0.2, 0.25) is 0 Å². The maximum absolute atomic E-state index is 11.3. The number of ether oxygens (including phenoxy) is 1. The Balaban J connectivity index is 2.75. The Labute approximate surface area is 108 Å². The quantitative estimate of drug-likeness (QED) is 0.750. The minimum atomic E-state index is -0.0938. The molecule has 1 aliphatic rings. The number of hydrogen-bond acceptors (Lipinski definition) is 3. The van der Waals surface area contributed by atoms with Crippen LogP contribution in [0.3, 0.4) is 0 Å². The Morgan fingerprint density at radius 2 is 2.00 bits per heavy atom. The van der Waals surface area contributed by atoms with E-state index in [0.717, 1.165) is 23.3 Å². The maximum Gasteiger partial charge on any atom is 0.152 e. The number of nitrogens with zero attached hydrogens (tertiary/aromatic N) is 1. The van der Waals surface area contributed by atoms with Gasteiger partial charge >= 0.3 is 0 Å². The molecule has 0 unspecified atom stereocenters. The zero-order chi connectivity index (χ0) is 13.5. The monoisotopic (exact) mass is 245 g/mol. The Bertz CT molecular complexity index is 530. The summed E-state index contributed by atoms with van der Waals surface area (Å²) in [6, 6.07) is 3.77. The molecule has 0 saturated carbocycles. The van der Waals surface area contributed by atoms with Crippen molar-refractivity contribution in [3.8, 4) is 5.75 Å². The van der Waals surface area contributed by atoms with Gasteiger partial charge in [0.1, 0.15) is 5.75 Å². The lowest BCUT2D eigenvalue weighted by atomic mass is 9.87. The summed E-state index contributed by atoms with van der Waals surface area (Å²) in [6.45, 7) is 6.35. The maximum atomic E-state index is 11.3. The number of carbonyl (C=O) groups is 1. The van der Waals surface area contributed by atoms with E-state index in [1.54, 1.807) is 13.2 Å². The number of rotatable bonds is 2. The van der Waals surface area contributed by atoms with Gasteiger partial charge in [0, 0.05) is 18.2 Å². The molecule has 0 saturated heterocycles. The highest BCUT2D eigenvalue weighted by Crippen LogP contribution is 2.41. The second-order valence-corrected chi connectivity index (χ2v) is 5.27. The van der Waals surface area contributed by atoms with E-state index in [1.165, 1.54) is 5.57 Å². The molecular weight excluding hydrogens is 226 g/mol. The molecule has 2 rings (SSSR count). The van der Waals surface area contributed by atoms with Crippen LogP contribution in [-0.4, -0.2) is 26.0 Å². The van der Waals surface area contributed by atoms with Crippen LogP contribution in [0.4, 0.5) is 5.69 Å². The minimum Gasteiger partial charge on any atom is -0.497 e. The summed E-state index contributed by atoms with van der Waals surface area (Å²) < 4.78 is 5.25. The molecule has 0 aromatic heterocycles. The van der Waals surface area contributed by atoms with Gasteiger partial charge in [-0.3, -0.25) is 4.79 Å². The Morgan fingerprint density at radius 1 is 1.33 bits per heavy atom. The first-order valence-corrected chi connectivity index (χ1v) is 6.01. The summed E-state index contributed by atoms with van der Waals surface area (Å²) in [5, 5.41) is 0. The van der Waals surface area contributed by atoms with Crippen LogP contribution in [-0.2, 0) is 0 Å². The number of likely N-dealkylation sites (N-methyl/N-ethyl adjacent to an activating group) is 1. The number of fused-ring (bicyclic) bond motifs is 1. The number of aldehydes is 1. The molecule has 1 aromatic rings. The van der Waals surface area contributed by atoms with Crippen LogP contribution in [0.25, 0.3) is 5.57 Å². The summed E-state index contributed by atoms with van der Waals surface area (Å²) in [6.07, 6.45) is 3.11. The first-order valence-electron chi connectivity index (χ1n) is 6.01. The number of anilines is 1. The van der Waals surface area contributed by atoms with Crippen molar-refractivity contribution in [1.29, 1.82) is 0 Å². The van der Waals surface area contributed by atoms with Gasteiger partial charge in [0.15, 0.2) is 6.29 Å². The topological polar surface area (TPSA) is 29.5 Å². The third-order valence-corrected chi connectivity index (χ3v) is 3.67. The molecule has 18 heavy (non-hydrogen) atoms. The molecule has 0 spiro atoms. The molecule has 96 valence electrons. The van der Waals surface area contributed by atoms with E-state index in [2.05, 4.69) is 31.7 Å². The second kappa shape index (κ2) is 4.16. The van der Waals surface area contributed by atoms with Gasteiger partial charge in [-0.05, 0) is 38.5 Å². The fraction of sp³-hybridized carbons (Fsp3) is 0.400. The fourth-order valence-electron chi connectivity index (χ4n) is 2.50. The first-order chi connectivity index (χ1) is 8.40. The van der Waals surface area contributed by atoms with Crippen molar-refractivity contribution >= 4 is 17.5 Å². The number of benzene rings is 1. The van der Waals surface area contributed by atoms with E-state index < -0.39 is 0 Å². The van der Waals surface area contributed by atoms with Crippen LogP contribution in [0.15, 0.2) is 18.2 Å². The van der Waals surface area contributed by atoms with Gasteiger partial charge in [-0.1, -0.05) is 6.08 Å². The molecular formula is C15H19NO2. The summed E-state index contributed by atoms with van der Waals surface area (Å²) in [7, 11) is 3.63. The standard InChI is InChI=1S/C15H19NO2/c1-10-8-15(2,3)16(4)14-11(9-17)6-12(18-5)7-13(10)14/h6-9H,1-5H3. The third kappa shape index (κ3) is 1.80. The number of carbonyl (C=O) groups excluding carboxylic acids is 1. The largest absolute Gasteiger partial charge is 0.497 e. The zero-order valence-electron chi connectivity index (χ0n) is 11.6. The van der Waals surface area contributed by atoms with Crippen molar-refractivity contribution in [2.45, 2.75) is 26.3 Å². The molecule has 1 heterocycles. The second-order valence-electron chi connectivity index (χ2n) is 5.27. The molecule has 0 radical (unpaired) electrons. The van der Waals surface area contributed by atoms with Gasteiger partial charge in [0.05, 0.1) is 18.3 Å². The van der Waals surface area contributed by atoms with Gasteiger partial charge in [-0.2, -0.15) is 0 Å². The van der Waals surface area contributed by atoms with Crippen LogP contribution in [0.5, 0.6) is 5.75 Å². The molecule has 0 aliphatic carbocycles. The van der Waals surface area contributed by atoms with Crippen LogP contribution >= 0.6 is 0 Å². The van der Waals surface area contributed by atoms with Crippen molar-refractivity contribution in [3.05, 3.63) is 29.3 Å². The smallest absolute Gasteiger partial charge is 0.152 e. The van der Waals surface area contributed by atoms with Crippen molar-refractivity contribution < 1.29 is 9.53 Å². The lowest BCUT2D eigenvalue weighted by molar-refractivity contribution is 0.112. The zero-order valence-corrected chi connectivity index (χ0v) is 11.6. The van der Waals surface area contributed by atoms with Gasteiger partial charge in [-0.25, -0.2) is 0 Å². The van der Waals surface area contributed by atoms with Crippen LogP contribution in [0, 0.1) is 0 Å². The molecule has 1 aliphatic heterocycles. The fourth-order valence-corrected chi connectivity index (χ4v) is 2.50. The van der Waals surface area contributed by atoms with Gasteiger partial charge in [-0.15, -0.1) is 0 Å². The summed E-state index contributed by atoms with van der Waals surface area (Å²) in [5.74, 6) is 0.719. The molecule has 0 atom stereocenters. The lowest BCUT2D eigenvalue weighted by Gasteiger charge is -2.41. The van der Waals surface area contributed by atoms with E-state index in [0.29, 0.717) is 5.56 Å². The predicted octanol–water partition coefficient (Wildman–Crippen LogP) is 3.14. The van der Waals surface area contributed by atoms with Crippen LogP contribution < -0.4 is 9.64 Å². The highest BCUT2D eigenvalue weighted by atomic mass is 16.5. The molecule has 1 aromatic carbocycles. The van der Waals surface area contributed by atoms with E-state index in [1.807, 2.05) is 13.1 Å². The number of allylic oxidation sites excluding steroid dienone is 1. The molecule has 0 fully saturated rings. The first kappa shape index (κ1) is 12.7. The van der Waals surface area contributed by atoms with Crippen molar-refractivity contribution in [2.24, 2.45) is 0 Å². The number of methoxy groups -OCH3 is 1. The van der Waals surface area contributed by atoms with Crippen molar-refractivity contribution in [1.82, 2.24) is 0 Å². The summed E-state index contributed by atoms with van der Waals surface area (Å²) in [4.78, 5) is 13.4. The minimum absolute atomic E-state index is 0.0938. The predicted molar refractivity (Wildman–Crippen MR) is 74.5 cm³/mol. The summed E-state index contributed by atoms with van der Waals surface area (Å²) in [5.41, 5.74) is 3.81. The van der Waals surface area contributed by atoms with Gasteiger partial charge in [0.25, 0.3) is 0 Å². The average Bonchev–Trinajstić information content (AvgIpc) is 2.34. The van der Waals surface area contributed by atoms with E-state index >= 15 is 0 Å². The Hall–Kier alpha value is -1.77. The van der Waals surface area contributed by atoms with Crippen molar-refractivity contribution in [2.75, 3.05) is 19.1 Å². The van der Waals surface area contributed by atoms with Crippen LogP contribution in [0.2, 0.25) is 0 Å². The van der Waals surface area contributed by atoms with E-state index in [4.69, 9.17) is 4.74 Å². The van der Waals surface area contributed by atoms with Crippen molar-refractivity contribution in [3.63, 3.8) is 0 Å². The van der Waals surface area contributed by atoms with Crippen LogP contribution in [0.1, 0.15) is 36.7 Å². The number of hydrogen-bond donors (Lipinski definition) is 0. The SMILES string of the molecule is COc1cc(C=O)c2c(c1)C(C)=CC(C)(C)N2C. The summed E-state index contributed by atoms with van der Waals surface area (Å²) >= 11 is 0. The average molecular weight is 245 g/mol. The van der Waals surface area contributed by atoms with Gasteiger partial charge < -0.3 is 9.64 Å². The Morgan fingerprint density at radius 3 is 2.56 bits per heavy atom. The van der Waals surface area contributed by atoms with E-state index in [9.17, 15) is 4.79 Å². The molecule has 0 bridgehead atoms. The van der Waals surface area contributed by atoms with E-state index in [-0.39, 0.29) is 5.54 Å². The molecule has 3 heteroatoms.